The van der Waals surface area contributed by atoms with Crippen LogP contribution in [0.5, 0.6) is 0 Å². The molecule has 0 bridgehead atoms. The summed E-state index contributed by atoms with van der Waals surface area (Å²) in [6.07, 6.45) is 6.40. The quantitative estimate of drug-likeness (QED) is 0.662. The lowest BCUT2D eigenvalue weighted by Crippen LogP contribution is -2.28. The van der Waals surface area contributed by atoms with E-state index in [1.807, 2.05) is 13.8 Å². The van der Waals surface area contributed by atoms with Crippen molar-refractivity contribution in [3.05, 3.63) is 24.5 Å². The smallest absolute Gasteiger partial charge is 0.204 e. The molecule has 0 amide bonds. The molecule has 0 aromatic heterocycles. The summed E-state index contributed by atoms with van der Waals surface area (Å²) in [5.41, 5.74) is 0. The summed E-state index contributed by atoms with van der Waals surface area (Å²) in [6.45, 7) is 12.9. The molecule has 2 unspecified atom stereocenters. The molecule has 0 saturated heterocycles. The summed E-state index contributed by atoms with van der Waals surface area (Å²) >= 11 is 0. The van der Waals surface area contributed by atoms with Gasteiger partial charge in [-0.2, -0.15) is 0 Å². The molecule has 2 heteroatoms. The Bertz CT molecular complexity index is 266. The van der Waals surface area contributed by atoms with Gasteiger partial charge in [0.05, 0.1) is 12.4 Å². The first-order valence-electron chi connectivity index (χ1n) is 6.12. The number of allylic oxidation sites excluding steroid dienone is 2. The van der Waals surface area contributed by atoms with Gasteiger partial charge in [0.1, 0.15) is 0 Å². The number of hydrogen-bond acceptors (Lipinski definition) is 2. The van der Waals surface area contributed by atoms with Crippen molar-refractivity contribution in [2.45, 2.75) is 46.3 Å². The lowest BCUT2D eigenvalue weighted by Gasteiger charge is -2.27. The van der Waals surface area contributed by atoms with Gasteiger partial charge < -0.3 is 9.47 Å². The Morgan fingerprint density at radius 1 is 1.56 bits per heavy atom. The number of rotatable bonds is 2. The molecule has 16 heavy (non-hydrogen) atoms. The summed E-state index contributed by atoms with van der Waals surface area (Å²) < 4.78 is 11.3. The number of ether oxygens (including phenoxy) is 2. The Morgan fingerprint density at radius 3 is 2.88 bits per heavy atom. The molecule has 0 aromatic rings. The van der Waals surface area contributed by atoms with Crippen LogP contribution in [0.3, 0.4) is 0 Å². The Kier molecular flexibility index (Phi) is 4.60. The molecule has 0 spiro atoms. The molecule has 0 radical (unpaired) electrons. The van der Waals surface area contributed by atoms with Crippen LogP contribution in [0.15, 0.2) is 24.5 Å². The second kappa shape index (κ2) is 5.53. The van der Waals surface area contributed by atoms with Crippen LogP contribution in [0.25, 0.3) is 0 Å². The normalized spacial score (nSPS) is 29.5. The van der Waals surface area contributed by atoms with E-state index in [0.717, 1.165) is 12.2 Å². The van der Waals surface area contributed by atoms with E-state index in [4.69, 9.17) is 9.47 Å². The van der Waals surface area contributed by atoms with Crippen LogP contribution in [0.1, 0.15) is 40.5 Å². The maximum absolute atomic E-state index is 5.73. The second-order valence-electron chi connectivity index (χ2n) is 5.03. The van der Waals surface area contributed by atoms with Crippen LogP contribution >= 0.6 is 0 Å². The Balaban J connectivity index is 2.72. The zero-order chi connectivity index (χ0) is 12.2. The first kappa shape index (κ1) is 13.3. The van der Waals surface area contributed by atoms with Crippen LogP contribution < -0.4 is 0 Å². The summed E-state index contributed by atoms with van der Waals surface area (Å²) in [4.78, 5) is 0. The van der Waals surface area contributed by atoms with Crippen molar-refractivity contribution in [3.63, 3.8) is 0 Å². The maximum Gasteiger partial charge on any atom is 0.204 e. The van der Waals surface area contributed by atoms with E-state index in [9.17, 15) is 0 Å². The summed E-state index contributed by atoms with van der Waals surface area (Å²) in [6, 6.07) is 0. The minimum atomic E-state index is -0.564. The third-order valence-corrected chi connectivity index (χ3v) is 3.14. The van der Waals surface area contributed by atoms with Gasteiger partial charge in [0.25, 0.3) is 0 Å². The van der Waals surface area contributed by atoms with Crippen LogP contribution in [0.4, 0.5) is 0 Å². The van der Waals surface area contributed by atoms with Crippen molar-refractivity contribution in [2.75, 3.05) is 6.61 Å². The first-order chi connectivity index (χ1) is 7.44. The van der Waals surface area contributed by atoms with E-state index in [1.165, 1.54) is 6.42 Å². The average Bonchev–Trinajstić information content (AvgIpc) is 2.25. The highest BCUT2D eigenvalue weighted by Gasteiger charge is 2.24. The van der Waals surface area contributed by atoms with E-state index in [2.05, 4.69) is 32.6 Å². The zero-order valence-electron chi connectivity index (χ0n) is 11.0. The van der Waals surface area contributed by atoms with Gasteiger partial charge in [-0.3, -0.25) is 0 Å². The third kappa shape index (κ3) is 4.01. The van der Waals surface area contributed by atoms with Gasteiger partial charge in [-0.25, -0.2) is 0 Å². The van der Waals surface area contributed by atoms with Crippen molar-refractivity contribution in [1.82, 2.24) is 0 Å². The number of hydrogen-bond donors (Lipinski definition) is 0. The second-order valence-corrected chi connectivity index (χ2v) is 5.03. The molecular weight excluding hydrogens is 200 g/mol. The van der Waals surface area contributed by atoms with E-state index >= 15 is 0 Å². The predicted molar refractivity (Wildman–Crippen MR) is 67.0 cm³/mol. The highest BCUT2D eigenvalue weighted by Crippen LogP contribution is 2.28. The SMILES string of the molecule is C=C1CC(C(C)CC)/C=C\COC(C)(C)O1. The molecular formula is C14H24O2. The molecule has 0 N–H and O–H groups in total. The van der Waals surface area contributed by atoms with E-state index in [1.54, 1.807) is 0 Å². The average molecular weight is 224 g/mol. The molecule has 0 aromatic carbocycles. The lowest BCUT2D eigenvalue weighted by atomic mass is 9.88. The van der Waals surface area contributed by atoms with Gasteiger partial charge in [-0.15, -0.1) is 0 Å². The standard InChI is InChI=1S/C14H24O2/c1-6-11(2)13-8-7-9-15-14(4,5)16-12(3)10-13/h7-8,11,13H,3,6,9-10H2,1-2,4-5H3/b8-7-. The van der Waals surface area contributed by atoms with Crippen molar-refractivity contribution in [2.24, 2.45) is 11.8 Å². The monoisotopic (exact) mass is 224 g/mol. The van der Waals surface area contributed by atoms with Crippen molar-refractivity contribution in [1.29, 1.82) is 0 Å². The molecule has 1 rings (SSSR count). The van der Waals surface area contributed by atoms with E-state index in [-0.39, 0.29) is 0 Å². The van der Waals surface area contributed by atoms with Crippen LogP contribution in [0, 0.1) is 11.8 Å². The van der Waals surface area contributed by atoms with Gasteiger partial charge in [0.2, 0.25) is 5.79 Å². The van der Waals surface area contributed by atoms with E-state index in [0.29, 0.717) is 18.4 Å². The Morgan fingerprint density at radius 2 is 2.25 bits per heavy atom. The predicted octanol–water partition coefficient (Wildman–Crippen LogP) is 3.89. The Hall–Kier alpha value is -0.760. The Labute approximate surface area is 99.3 Å². The zero-order valence-corrected chi connectivity index (χ0v) is 11.0. The van der Waals surface area contributed by atoms with E-state index < -0.39 is 5.79 Å². The fourth-order valence-electron chi connectivity index (χ4n) is 1.92. The van der Waals surface area contributed by atoms with Gasteiger partial charge in [0.15, 0.2) is 0 Å². The molecule has 0 fully saturated rings. The topological polar surface area (TPSA) is 18.5 Å². The molecule has 0 saturated carbocycles. The highest BCUT2D eigenvalue weighted by molar-refractivity contribution is 4.99. The summed E-state index contributed by atoms with van der Waals surface area (Å²) in [7, 11) is 0. The van der Waals surface area contributed by atoms with Gasteiger partial charge in [-0.05, 0) is 11.8 Å². The van der Waals surface area contributed by atoms with Crippen molar-refractivity contribution >= 4 is 0 Å². The molecule has 92 valence electrons. The van der Waals surface area contributed by atoms with Gasteiger partial charge in [-0.1, -0.05) is 39.0 Å². The molecule has 2 atom stereocenters. The molecule has 1 aliphatic heterocycles. The molecule has 2 nitrogen and oxygen atoms in total. The first-order valence-corrected chi connectivity index (χ1v) is 6.12. The van der Waals surface area contributed by atoms with Crippen molar-refractivity contribution < 1.29 is 9.47 Å². The molecule has 0 aliphatic carbocycles. The van der Waals surface area contributed by atoms with Crippen LogP contribution in [-0.2, 0) is 9.47 Å². The van der Waals surface area contributed by atoms with Gasteiger partial charge in [0, 0.05) is 20.3 Å². The van der Waals surface area contributed by atoms with Gasteiger partial charge >= 0.3 is 0 Å². The largest absolute Gasteiger partial charge is 0.468 e. The van der Waals surface area contributed by atoms with Crippen LogP contribution in [-0.4, -0.2) is 12.4 Å². The van der Waals surface area contributed by atoms with Crippen LogP contribution in [0.2, 0.25) is 0 Å². The molecule has 1 heterocycles. The fourth-order valence-corrected chi connectivity index (χ4v) is 1.92. The minimum Gasteiger partial charge on any atom is -0.468 e. The summed E-state index contributed by atoms with van der Waals surface area (Å²) in [5.74, 6) is 1.42. The highest BCUT2D eigenvalue weighted by atomic mass is 16.7. The maximum atomic E-state index is 5.73. The summed E-state index contributed by atoms with van der Waals surface area (Å²) in [5, 5.41) is 0. The van der Waals surface area contributed by atoms with Crippen molar-refractivity contribution in [3.8, 4) is 0 Å². The minimum absolute atomic E-state index is 0.509. The fraction of sp³-hybridized carbons (Fsp3) is 0.714. The molecule has 1 aliphatic rings. The third-order valence-electron chi connectivity index (χ3n) is 3.14. The lowest BCUT2D eigenvalue weighted by molar-refractivity contribution is -0.183.